The summed E-state index contributed by atoms with van der Waals surface area (Å²) in [6, 6.07) is 1.11. The lowest BCUT2D eigenvalue weighted by atomic mass is 10.0. The topological polar surface area (TPSA) is 49.0 Å². The Balaban J connectivity index is 1.83. The summed E-state index contributed by atoms with van der Waals surface area (Å²) in [4.78, 5) is 14.3. The standard InChI is InChI=1S/C17H18F3N3O/c1-9-17(10(2)22-21-9)15-4-3-5-23(15)16(24)7-11-6-13(19)14(20)8-12(11)18/h6,8,15H,3-5,7H2,1-2H3,(H,21,22). The zero-order chi connectivity index (χ0) is 17.4. The molecule has 0 aliphatic carbocycles. The van der Waals surface area contributed by atoms with E-state index in [-0.39, 0.29) is 23.9 Å². The van der Waals surface area contributed by atoms with Crippen LogP contribution in [0.25, 0.3) is 0 Å². The van der Waals surface area contributed by atoms with E-state index in [0.29, 0.717) is 12.6 Å². The fraction of sp³-hybridized carbons (Fsp3) is 0.412. The van der Waals surface area contributed by atoms with E-state index >= 15 is 0 Å². The number of aromatic amines is 1. The van der Waals surface area contributed by atoms with E-state index in [9.17, 15) is 18.0 Å². The SMILES string of the molecule is Cc1n[nH]c(C)c1C1CCCN1C(=O)Cc1cc(F)c(F)cc1F. The van der Waals surface area contributed by atoms with Crippen molar-refractivity contribution >= 4 is 5.91 Å². The van der Waals surface area contributed by atoms with Gasteiger partial charge in [0.2, 0.25) is 5.91 Å². The molecular formula is C17H18F3N3O. The molecule has 1 atom stereocenters. The molecule has 1 aromatic heterocycles. The molecule has 0 saturated carbocycles. The Morgan fingerprint density at radius 1 is 1.25 bits per heavy atom. The molecule has 4 nitrogen and oxygen atoms in total. The number of aromatic nitrogens is 2. The monoisotopic (exact) mass is 337 g/mol. The fourth-order valence-electron chi connectivity index (χ4n) is 3.38. The van der Waals surface area contributed by atoms with Crippen LogP contribution in [0.5, 0.6) is 0 Å². The van der Waals surface area contributed by atoms with Crippen LogP contribution in [0.4, 0.5) is 13.2 Å². The number of nitrogens with one attached hydrogen (secondary N) is 1. The molecule has 2 heterocycles. The minimum atomic E-state index is -1.26. The van der Waals surface area contributed by atoms with Gasteiger partial charge in [-0.1, -0.05) is 0 Å². The number of halogens is 3. The van der Waals surface area contributed by atoms with Crippen LogP contribution >= 0.6 is 0 Å². The van der Waals surface area contributed by atoms with Gasteiger partial charge in [-0.05, 0) is 32.8 Å². The van der Waals surface area contributed by atoms with E-state index in [1.54, 1.807) is 4.90 Å². The Kier molecular flexibility index (Phi) is 4.34. The lowest BCUT2D eigenvalue weighted by Gasteiger charge is -2.25. The van der Waals surface area contributed by atoms with Crippen LogP contribution in [0, 0.1) is 31.3 Å². The molecule has 0 spiro atoms. The van der Waals surface area contributed by atoms with E-state index in [1.807, 2.05) is 13.8 Å². The third kappa shape index (κ3) is 2.90. The summed E-state index contributed by atoms with van der Waals surface area (Å²) in [5.74, 6) is -3.62. The van der Waals surface area contributed by atoms with Gasteiger partial charge in [0.1, 0.15) is 5.82 Å². The second-order valence-electron chi connectivity index (χ2n) is 6.13. The maximum atomic E-state index is 13.8. The first-order chi connectivity index (χ1) is 11.4. The number of rotatable bonds is 3. The average Bonchev–Trinajstić information content (AvgIpc) is 3.11. The molecule has 1 aliphatic rings. The molecule has 1 aliphatic heterocycles. The molecule has 1 N–H and O–H groups in total. The lowest BCUT2D eigenvalue weighted by molar-refractivity contribution is -0.131. The smallest absolute Gasteiger partial charge is 0.227 e. The highest BCUT2D eigenvalue weighted by molar-refractivity contribution is 5.79. The summed E-state index contributed by atoms with van der Waals surface area (Å²) in [6.07, 6.45) is 1.34. The summed E-state index contributed by atoms with van der Waals surface area (Å²) < 4.78 is 40.1. The highest BCUT2D eigenvalue weighted by Crippen LogP contribution is 2.35. The van der Waals surface area contributed by atoms with Crippen LogP contribution in [-0.4, -0.2) is 27.5 Å². The average molecular weight is 337 g/mol. The van der Waals surface area contributed by atoms with Crippen molar-refractivity contribution < 1.29 is 18.0 Å². The zero-order valence-electron chi connectivity index (χ0n) is 13.5. The molecule has 7 heteroatoms. The van der Waals surface area contributed by atoms with E-state index in [2.05, 4.69) is 10.2 Å². The van der Waals surface area contributed by atoms with E-state index in [4.69, 9.17) is 0 Å². The van der Waals surface area contributed by atoms with Gasteiger partial charge in [0.25, 0.3) is 0 Å². The number of likely N-dealkylation sites (tertiary alicyclic amines) is 1. The number of amides is 1. The van der Waals surface area contributed by atoms with Crippen molar-refractivity contribution in [1.82, 2.24) is 15.1 Å². The van der Waals surface area contributed by atoms with E-state index in [1.165, 1.54) is 0 Å². The summed E-state index contributed by atoms with van der Waals surface area (Å²) >= 11 is 0. The van der Waals surface area contributed by atoms with Crippen molar-refractivity contribution in [3.63, 3.8) is 0 Å². The number of nitrogens with zero attached hydrogens (tertiary/aromatic N) is 2. The molecule has 0 radical (unpaired) electrons. The van der Waals surface area contributed by atoms with Crippen molar-refractivity contribution in [1.29, 1.82) is 0 Å². The van der Waals surface area contributed by atoms with Gasteiger partial charge in [-0.15, -0.1) is 0 Å². The molecule has 128 valence electrons. The summed E-state index contributed by atoms with van der Waals surface area (Å²) in [5, 5.41) is 7.07. The molecule has 2 aromatic rings. The minimum absolute atomic E-state index is 0.121. The molecular weight excluding hydrogens is 319 g/mol. The first-order valence-electron chi connectivity index (χ1n) is 7.83. The highest BCUT2D eigenvalue weighted by atomic mass is 19.2. The zero-order valence-corrected chi connectivity index (χ0v) is 13.5. The number of hydrogen-bond acceptors (Lipinski definition) is 2. The maximum Gasteiger partial charge on any atom is 0.227 e. The van der Waals surface area contributed by atoms with E-state index in [0.717, 1.165) is 35.9 Å². The van der Waals surface area contributed by atoms with Crippen molar-refractivity contribution in [2.45, 2.75) is 39.2 Å². The number of carbonyl (C=O) groups is 1. The first kappa shape index (κ1) is 16.5. The predicted octanol–water partition coefficient (Wildman–Crippen LogP) is 3.35. The minimum Gasteiger partial charge on any atom is -0.335 e. The Labute approximate surface area is 137 Å². The molecule has 1 saturated heterocycles. The van der Waals surface area contributed by atoms with Gasteiger partial charge in [0.15, 0.2) is 11.6 Å². The number of benzene rings is 1. The molecule has 1 fully saturated rings. The molecule has 0 bridgehead atoms. The van der Waals surface area contributed by atoms with Gasteiger partial charge in [-0.3, -0.25) is 9.89 Å². The number of carbonyl (C=O) groups excluding carboxylic acids is 1. The Hall–Kier alpha value is -2.31. The van der Waals surface area contributed by atoms with Crippen LogP contribution in [0.3, 0.4) is 0 Å². The predicted molar refractivity (Wildman–Crippen MR) is 81.8 cm³/mol. The van der Waals surface area contributed by atoms with Crippen molar-refractivity contribution in [3.8, 4) is 0 Å². The molecule has 1 aromatic carbocycles. The quantitative estimate of drug-likeness (QED) is 0.873. The Morgan fingerprint density at radius 2 is 1.96 bits per heavy atom. The third-order valence-electron chi connectivity index (χ3n) is 4.52. The molecule has 3 rings (SSSR count). The summed E-state index contributed by atoms with van der Waals surface area (Å²) in [6.45, 7) is 4.32. The third-order valence-corrected chi connectivity index (χ3v) is 4.52. The van der Waals surface area contributed by atoms with Crippen LogP contribution in [-0.2, 0) is 11.2 Å². The number of hydrogen-bond donors (Lipinski definition) is 1. The van der Waals surface area contributed by atoms with Crippen molar-refractivity contribution in [2.75, 3.05) is 6.54 Å². The Morgan fingerprint density at radius 3 is 2.62 bits per heavy atom. The van der Waals surface area contributed by atoms with Crippen molar-refractivity contribution in [3.05, 3.63) is 52.1 Å². The van der Waals surface area contributed by atoms with Gasteiger partial charge >= 0.3 is 0 Å². The van der Waals surface area contributed by atoms with Crippen molar-refractivity contribution in [2.24, 2.45) is 0 Å². The second kappa shape index (κ2) is 6.30. The normalized spacial score (nSPS) is 17.5. The van der Waals surface area contributed by atoms with Crippen LogP contribution in [0.1, 0.15) is 41.4 Å². The van der Waals surface area contributed by atoms with Gasteiger partial charge in [0.05, 0.1) is 18.2 Å². The van der Waals surface area contributed by atoms with Gasteiger partial charge in [-0.2, -0.15) is 5.10 Å². The maximum absolute atomic E-state index is 13.8. The van der Waals surface area contributed by atoms with Crippen LogP contribution < -0.4 is 0 Å². The second-order valence-corrected chi connectivity index (χ2v) is 6.13. The summed E-state index contributed by atoms with van der Waals surface area (Å²) in [7, 11) is 0. The number of H-pyrrole nitrogens is 1. The molecule has 1 unspecified atom stereocenters. The van der Waals surface area contributed by atoms with E-state index < -0.39 is 17.5 Å². The largest absolute Gasteiger partial charge is 0.335 e. The van der Waals surface area contributed by atoms with Crippen LogP contribution in [0.15, 0.2) is 12.1 Å². The van der Waals surface area contributed by atoms with Gasteiger partial charge < -0.3 is 4.90 Å². The summed E-state index contributed by atoms with van der Waals surface area (Å²) in [5.41, 5.74) is 2.57. The van der Waals surface area contributed by atoms with Gasteiger partial charge in [-0.25, -0.2) is 13.2 Å². The molecule has 24 heavy (non-hydrogen) atoms. The van der Waals surface area contributed by atoms with Gasteiger partial charge in [0, 0.05) is 29.4 Å². The fourth-order valence-corrected chi connectivity index (χ4v) is 3.38. The number of aryl methyl sites for hydroxylation is 2. The lowest BCUT2D eigenvalue weighted by Crippen LogP contribution is -2.32. The molecule has 1 amide bonds. The Bertz CT molecular complexity index is 768. The first-order valence-corrected chi connectivity index (χ1v) is 7.83. The highest BCUT2D eigenvalue weighted by Gasteiger charge is 2.33. The van der Waals surface area contributed by atoms with Crippen LogP contribution in [0.2, 0.25) is 0 Å².